The lowest BCUT2D eigenvalue weighted by molar-refractivity contribution is -0.119. The highest BCUT2D eigenvalue weighted by molar-refractivity contribution is 5.72. The molecule has 0 fully saturated rings. The summed E-state index contributed by atoms with van der Waals surface area (Å²) in [5.74, 6) is 0.0124. The smallest absolute Gasteiger partial charge is 0.216 e. The molecule has 0 aromatic heterocycles. The van der Waals surface area contributed by atoms with Gasteiger partial charge >= 0.3 is 0 Å². The minimum atomic E-state index is 0.0124. The third-order valence-electron chi connectivity index (χ3n) is 2.61. The molecule has 0 aromatic carbocycles. The van der Waals surface area contributed by atoms with E-state index in [2.05, 4.69) is 31.4 Å². The maximum Gasteiger partial charge on any atom is 0.216 e. The first-order chi connectivity index (χ1) is 7.38. The van der Waals surface area contributed by atoms with Gasteiger partial charge in [-0.05, 0) is 24.7 Å². The Balaban J connectivity index is 3.77. The quantitative estimate of drug-likeness (QED) is 0.512. The summed E-state index contributed by atoms with van der Waals surface area (Å²) in [6.07, 6.45) is 3.67. The van der Waals surface area contributed by atoms with E-state index in [1.807, 2.05) is 0 Å². The fourth-order valence-electron chi connectivity index (χ4n) is 1.59. The Morgan fingerprint density at radius 3 is 2.38 bits per heavy atom. The normalized spacial score (nSPS) is 13.0. The van der Waals surface area contributed by atoms with Crippen LogP contribution in [0.25, 0.3) is 0 Å². The van der Waals surface area contributed by atoms with Crippen molar-refractivity contribution in [2.75, 3.05) is 6.54 Å². The van der Waals surface area contributed by atoms with Crippen LogP contribution in [0.3, 0.4) is 0 Å². The van der Waals surface area contributed by atoms with Crippen LogP contribution in [0.1, 0.15) is 47.0 Å². The molecule has 0 heterocycles. The van der Waals surface area contributed by atoms with E-state index in [-0.39, 0.29) is 17.4 Å². The topological polar surface area (TPSA) is 58.2 Å². The van der Waals surface area contributed by atoms with Crippen molar-refractivity contribution in [2.24, 2.45) is 5.41 Å². The zero-order valence-electron chi connectivity index (χ0n) is 10.8. The fraction of sp³-hybridized carbons (Fsp3) is 0.833. The minimum Gasteiger partial charge on any atom is -0.356 e. The summed E-state index contributed by atoms with van der Waals surface area (Å²) in [6.45, 7) is 8.57. The van der Waals surface area contributed by atoms with Crippen LogP contribution >= 0.6 is 0 Å². The SMILES string of the molecule is CC(=O)NCCCCC(NC=O)C(C)(C)C. The van der Waals surface area contributed by atoms with Crippen LogP contribution in [0.2, 0.25) is 0 Å². The first-order valence-electron chi connectivity index (χ1n) is 5.82. The molecule has 0 spiro atoms. The van der Waals surface area contributed by atoms with Crippen molar-refractivity contribution in [3.8, 4) is 0 Å². The number of rotatable bonds is 7. The second-order valence-electron chi connectivity index (χ2n) is 5.18. The third kappa shape index (κ3) is 7.26. The molecule has 0 aromatic rings. The van der Waals surface area contributed by atoms with E-state index in [1.54, 1.807) is 0 Å². The Bertz CT molecular complexity index is 222. The highest BCUT2D eigenvalue weighted by Gasteiger charge is 2.23. The molecule has 0 radical (unpaired) electrons. The second-order valence-corrected chi connectivity index (χ2v) is 5.18. The van der Waals surface area contributed by atoms with Gasteiger partial charge in [-0.3, -0.25) is 9.59 Å². The molecular formula is C12H24N2O2. The number of carbonyl (C=O) groups excluding carboxylic acids is 2. The molecule has 0 aliphatic rings. The Kier molecular flexibility index (Phi) is 6.77. The van der Waals surface area contributed by atoms with E-state index < -0.39 is 0 Å². The molecule has 1 atom stereocenters. The van der Waals surface area contributed by atoms with Crippen LogP contribution in [0.15, 0.2) is 0 Å². The Hall–Kier alpha value is -1.06. The highest BCUT2D eigenvalue weighted by atomic mass is 16.1. The van der Waals surface area contributed by atoms with E-state index in [9.17, 15) is 9.59 Å². The highest BCUT2D eigenvalue weighted by Crippen LogP contribution is 2.22. The van der Waals surface area contributed by atoms with Crippen molar-refractivity contribution in [3.63, 3.8) is 0 Å². The van der Waals surface area contributed by atoms with Crippen molar-refractivity contribution < 1.29 is 9.59 Å². The predicted octanol–water partition coefficient (Wildman–Crippen LogP) is 1.45. The first-order valence-corrected chi connectivity index (χ1v) is 5.82. The average Bonchev–Trinajstić information content (AvgIpc) is 2.13. The van der Waals surface area contributed by atoms with Crippen LogP contribution in [0.4, 0.5) is 0 Å². The van der Waals surface area contributed by atoms with Gasteiger partial charge in [-0.2, -0.15) is 0 Å². The van der Waals surface area contributed by atoms with E-state index >= 15 is 0 Å². The maximum absolute atomic E-state index is 10.6. The summed E-state index contributed by atoms with van der Waals surface area (Å²) >= 11 is 0. The third-order valence-corrected chi connectivity index (χ3v) is 2.61. The molecule has 16 heavy (non-hydrogen) atoms. The summed E-state index contributed by atoms with van der Waals surface area (Å²) in [7, 11) is 0. The lowest BCUT2D eigenvalue weighted by atomic mass is 9.84. The number of hydrogen-bond acceptors (Lipinski definition) is 2. The molecule has 1 unspecified atom stereocenters. The monoisotopic (exact) mass is 228 g/mol. The molecule has 2 amide bonds. The van der Waals surface area contributed by atoms with Gasteiger partial charge < -0.3 is 10.6 Å². The Labute approximate surface area is 98.2 Å². The molecule has 4 heteroatoms. The lowest BCUT2D eigenvalue weighted by Crippen LogP contribution is -2.39. The molecule has 2 N–H and O–H groups in total. The molecule has 0 aliphatic heterocycles. The summed E-state index contributed by atoms with van der Waals surface area (Å²) < 4.78 is 0. The van der Waals surface area contributed by atoms with Gasteiger partial charge in [-0.15, -0.1) is 0 Å². The van der Waals surface area contributed by atoms with Crippen LogP contribution in [0.5, 0.6) is 0 Å². The molecular weight excluding hydrogens is 204 g/mol. The predicted molar refractivity (Wildman–Crippen MR) is 65.0 cm³/mol. The van der Waals surface area contributed by atoms with Gasteiger partial charge in [0.05, 0.1) is 0 Å². The fourth-order valence-corrected chi connectivity index (χ4v) is 1.59. The van der Waals surface area contributed by atoms with Gasteiger partial charge in [0.2, 0.25) is 12.3 Å². The molecule has 0 rings (SSSR count). The van der Waals surface area contributed by atoms with Crippen LogP contribution in [0, 0.1) is 5.41 Å². The Morgan fingerprint density at radius 1 is 1.31 bits per heavy atom. The molecule has 94 valence electrons. The second kappa shape index (κ2) is 7.25. The number of unbranched alkanes of at least 4 members (excludes halogenated alkanes) is 1. The zero-order valence-corrected chi connectivity index (χ0v) is 10.8. The summed E-state index contributed by atoms with van der Waals surface area (Å²) in [4.78, 5) is 21.1. The van der Waals surface area contributed by atoms with E-state index in [1.165, 1.54) is 6.92 Å². The summed E-state index contributed by atoms with van der Waals surface area (Å²) in [6, 6.07) is 0.197. The van der Waals surface area contributed by atoms with Crippen molar-refractivity contribution in [1.82, 2.24) is 10.6 Å². The van der Waals surface area contributed by atoms with Gasteiger partial charge in [0.1, 0.15) is 0 Å². The van der Waals surface area contributed by atoms with Crippen molar-refractivity contribution in [3.05, 3.63) is 0 Å². The van der Waals surface area contributed by atoms with Crippen molar-refractivity contribution in [1.29, 1.82) is 0 Å². The number of carbonyl (C=O) groups is 2. The van der Waals surface area contributed by atoms with Gasteiger partial charge in [0.15, 0.2) is 0 Å². The van der Waals surface area contributed by atoms with Crippen molar-refractivity contribution >= 4 is 12.3 Å². The average molecular weight is 228 g/mol. The molecule has 4 nitrogen and oxygen atoms in total. The summed E-state index contributed by atoms with van der Waals surface area (Å²) in [5.41, 5.74) is 0.0783. The first kappa shape index (κ1) is 14.9. The standard InChI is InChI=1S/C12H24N2O2/c1-10(16)13-8-6-5-7-11(14-9-15)12(2,3)4/h9,11H,5-8H2,1-4H3,(H,13,16)(H,14,15). The lowest BCUT2D eigenvalue weighted by Gasteiger charge is -2.30. The number of nitrogens with one attached hydrogen (secondary N) is 2. The molecule has 0 bridgehead atoms. The molecule has 0 saturated heterocycles. The number of amides is 2. The van der Waals surface area contributed by atoms with Gasteiger partial charge in [-0.1, -0.05) is 20.8 Å². The summed E-state index contributed by atoms with van der Waals surface area (Å²) in [5, 5.41) is 5.62. The Morgan fingerprint density at radius 2 is 1.94 bits per heavy atom. The van der Waals surface area contributed by atoms with Gasteiger partial charge in [0, 0.05) is 19.5 Å². The molecule has 0 aliphatic carbocycles. The van der Waals surface area contributed by atoms with E-state index in [0.717, 1.165) is 25.7 Å². The zero-order chi connectivity index (χ0) is 12.6. The van der Waals surface area contributed by atoms with Gasteiger partial charge in [-0.25, -0.2) is 0 Å². The van der Waals surface area contributed by atoms with Crippen LogP contribution in [-0.2, 0) is 9.59 Å². The van der Waals surface area contributed by atoms with Crippen LogP contribution < -0.4 is 10.6 Å². The van der Waals surface area contributed by atoms with E-state index in [4.69, 9.17) is 0 Å². The molecule has 0 saturated carbocycles. The van der Waals surface area contributed by atoms with Gasteiger partial charge in [0.25, 0.3) is 0 Å². The van der Waals surface area contributed by atoms with Crippen molar-refractivity contribution in [2.45, 2.75) is 53.0 Å². The number of hydrogen-bond donors (Lipinski definition) is 2. The minimum absolute atomic E-state index is 0.0124. The van der Waals surface area contributed by atoms with E-state index in [0.29, 0.717) is 6.54 Å². The maximum atomic E-state index is 10.6. The largest absolute Gasteiger partial charge is 0.356 e. The van der Waals surface area contributed by atoms with Crippen LogP contribution in [-0.4, -0.2) is 24.9 Å².